The van der Waals surface area contributed by atoms with E-state index in [2.05, 4.69) is 27.1 Å². The number of aromatic nitrogens is 1. The maximum absolute atomic E-state index is 11.7. The molecule has 1 aliphatic rings. The molecule has 7 heteroatoms. The van der Waals surface area contributed by atoms with Gasteiger partial charge in [0.2, 0.25) is 0 Å². The lowest BCUT2D eigenvalue weighted by molar-refractivity contribution is 0.0945. The zero-order valence-corrected chi connectivity index (χ0v) is 12.1. The molecule has 0 spiro atoms. The van der Waals surface area contributed by atoms with Crippen LogP contribution in [-0.2, 0) is 0 Å². The van der Waals surface area contributed by atoms with Gasteiger partial charge in [-0.2, -0.15) is 0 Å². The van der Waals surface area contributed by atoms with Crippen LogP contribution in [0.1, 0.15) is 16.9 Å². The molecular weight excluding hydrogens is 262 g/mol. The number of nitrogens with zero attached hydrogens (tertiary/aromatic N) is 3. The number of thiazole rings is 1. The van der Waals surface area contributed by atoms with Gasteiger partial charge in [0, 0.05) is 38.1 Å². The topological polar surface area (TPSA) is 74.5 Å². The predicted molar refractivity (Wildman–Crippen MR) is 77.4 cm³/mol. The molecule has 1 saturated heterocycles. The molecule has 6 nitrogen and oxygen atoms in total. The molecule has 0 unspecified atom stereocenters. The number of nitrogens with one attached hydrogen (secondary N) is 1. The van der Waals surface area contributed by atoms with Gasteiger partial charge in [-0.05, 0) is 20.0 Å². The maximum atomic E-state index is 11.7. The number of anilines is 1. The Labute approximate surface area is 117 Å². The fourth-order valence-corrected chi connectivity index (χ4v) is 2.60. The van der Waals surface area contributed by atoms with Crippen molar-refractivity contribution >= 4 is 22.4 Å². The standard InChI is InChI=1S/C12H21N5OS/c1-16-5-7-17(8-6-16)4-2-3-14-11(18)10-9-19-12(13)15-10/h9H,2-8H2,1H3,(H2,13,15)(H,14,18). The van der Waals surface area contributed by atoms with Crippen LogP contribution >= 0.6 is 11.3 Å². The average Bonchev–Trinajstić information content (AvgIpc) is 2.83. The van der Waals surface area contributed by atoms with Crippen molar-refractivity contribution in [3.63, 3.8) is 0 Å². The number of carbonyl (C=O) groups excluding carboxylic acids is 1. The number of rotatable bonds is 5. The Morgan fingerprint density at radius 2 is 2.21 bits per heavy atom. The van der Waals surface area contributed by atoms with Crippen molar-refractivity contribution in [1.82, 2.24) is 20.1 Å². The smallest absolute Gasteiger partial charge is 0.270 e. The first-order chi connectivity index (χ1) is 9.15. The van der Waals surface area contributed by atoms with Crippen molar-refractivity contribution in [2.75, 3.05) is 52.0 Å². The summed E-state index contributed by atoms with van der Waals surface area (Å²) >= 11 is 1.29. The van der Waals surface area contributed by atoms with E-state index in [0.717, 1.165) is 39.1 Å². The molecule has 1 aromatic heterocycles. The fourth-order valence-electron chi connectivity index (χ4n) is 2.06. The average molecular weight is 283 g/mol. The number of likely N-dealkylation sites (N-methyl/N-ethyl adjacent to an activating group) is 1. The molecule has 1 aromatic rings. The molecule has 0 saturated carbocycles. The Bertz CT molecular complexity index is 414. The first-order valence-corrected chi connectivity index (χ1v) is 7.43. The molecule has 1 fully saturated rings. The minimum atomic E-state index is -0.133. The number of amides is 1. The Morgan fingerprint density at radius 3 is 2.84 bits per heavy atom. The summed E-state index contributed by atoms with van der Waals surface area (Å²) in [6, 6.07) is 0. The molecule has 0 aromatic carbocycles. The molecular formula is C12H21N5OS. The lowest BCUT2D eigenvalue weighted by atomic mass is 10.3. The van der Waals surface area contributed by atoms with E-state index in [4.69, 9.17) is 5.73 Å². The number of nitrogens with two attached hydrogens (primary N) is 1. The van der Waals surface area contributed by atoms with Crippen molar-refractivity contribution in [2.24, 2.45) is 0 Å². The van der Waals surface area contributed by atoms with E-state index in [1.807, 2.05) is 0 Å². The van der Waals surface area contributed by atoms with E-state index in [1.165, 1.54) is 11.3 Å². The number of hydrogen-bond donors (Lipinski definition) is 2. The van der Waals surface area contributed by atoms with Crippen molar-refractivity contribution < 1.29 is 4.79 Å². The largest absolute Gasteiger partial charge is 0.375 e. The Morgan fingerprint density at radius 1 is 1.47 bits per heavy atom. The van der Waals surface area contributed by atoms with Gasteiger partial charge >= 0.3 is 0 Å². The van der Waals surface area contributed by atoms with Gasteiger partial charge in [0.05, 0.1) is 0 Å². The van der Waals surface area contributed by atoms with Gasteiger partial charge < -0.3 is 20.9 Å². The number of piperazine rings is 1. The number of carbonyl (C=O) groups is 1. The van der Waals surface area contributed by atoms with Crippen molar-refractivity contribution in [2.45, 2.75) is 6.42 Å². The Balaban J connectivity index is 1.60. The van der Waals surface area contributed by atoms with Gasteiger partial charge in [-0.3, -0.25) is 4.79 Å². The third kappa shape index (κ3) is 4.45. The Kier molecular flexibility index (Phi) is 5.12. The summed E-state index contributed by atoms with van der Waals surface area (Å²) in [7, 11) is 2.15. The van der Waals surface area contributed by atoms with Crippen LogP contribution in [0, 0.1) is 0 Å². The highest BCUT2D eigenvalue weighted by Crippen LogP contribution is 2.10. The van der Waals surface area contributed by atoms with Crippen LogP contribution in [0.15, 0.2) is 5.38 Å². The summed E-state index contributed by atoms with van der Waals surface area (Å²) in [4.78, 5) is 20.4. The molecule has 19 heavy (non-hydrogen) atoms. The second-order valence-corrected chi connectivity index (χ2v) is 5.72. The molecule has 2 heterocycles. The third-order valence-corrected chi connectivity index (χ3v) is 3.96. The van der Waals surface area contributed by atoms with E-state index in [1.54, 1.807) is 5.38 Å². The van der Waals surface area contributed by atoms with Crippen LogP contribution in [0.3, 0.4) is 0 Å². The van der Waals surface area contributed by atoms with Crippen LogP contribution < -0.4 is 11.1 Å². The summed E-state index contributed by atoms with van der Waals surface area (Å²) in [5.74, 6) is -0.133. The van der Waals surface area contributed by atoms with Crippen LogP contribution in [0.4, 0.5) is 5.13 Å². The Hall–Kier alpha value is -1.18. The zero-order chi connectivity index (χ0) is 13.7. The normalized spacial score (nSPS) is 17.5. The fraction of sp³-hybridized carbons (Fsp3) is 0.667. The monoisotopic (exact) mass is 283 g/mol. The van der Waals surface area contributed by atoms with Gasteiger partial charge in [0.15, 0.2) is 5.13 Å². The van der Waals surface area contributed by atoms with Crippen LogP contribution in [0.25, 0.3) is 0 Å². The van der Waals surface area contributed by atoms with Gasteiger partial charge in [0.25, 0.3) is 5.91 Å². The molecule has 106 valence electrons. The molecule has 0 radical (unpaired) electrons. The molecule has 2 rings (SSSR count). The van der Waals surface area contributed by atoms with Gasteiger partial charge in [-0.25, -0.2) is 4.98 Å². The second-order valence-electron chi connectivity index (χ2n) is 4.83. The summed E-state index contributed by atoms with van der Waals surface area (Å²) < 4.78 is 0. The minimum absolute atomic E-state index is 0.133. The number of nitrogen functional groups attached to an aromatic ring is 1. The van der Waals surface area contributed by atoms with Gasteiger partial charge in [-0.15, -0.1) is 11.3 Å². The molecule has 0 bridgehead atoms. The first kappa shape index (κ1) is 14.2. The van der Waals surface area contributed by atoms with E-state index in [-0.39, 0.29) is 5.91 Å². The number of hydrogen-bond acceptors (Lipinski definition) is 6. The van der Waals surface area contributed by atoms with Crippen LogP contribution in [-0.4, -0.2) is 67.0 Å². The van der Waals surface area contributed by atoms with Crippen molar-refractivity contribution in [3.05, 3.63) is 11.1 Å². The molecule has 3 N–H and O–H groups in total. The first-order valence-electron chi connectivity index (χ1n) is 6.55. The highest BCUT2D eigenvalue weighted by atomic mass is 32.1. The lowest BCUT2D eigenvalue weighted by Gasteiger charge is -2.32. The zero-order valence-electron chi connectivity index (χ0n) is 11.3. The second kappa shape index (κ2) is 6.83. The van der Waals surface area contributed by atoms with Crippen molar-refractivity contribution in [1.29, 1.82) is 0 Å². The van der Waals surface area contributed by atoms with E-state index in [0.29, 0.717) is 17.4 Å². The maximum Gasteiger partial charge on any atom is 0.270 e. The van der Waals surface area contributed by atoms with Gasteiger partial charge in [0.1, 0.15) is 5.69 Å². The quantitative estimate of drug-likeness (QED) is 0.749. The van der Waals surface area contributed by atoms with Crippen LogP contribution in [0.2, 0.25) is 0 Å². The summed E-state index contributed by atoms with van der Waals surface area (Å²) in [5.41, 5.74) is 5.92. The van der Waals surface area contributed by atoms with E-state index < -0.39 is 0 Å². The SMILES string of the molecule is CN1CCN(CCCNC(=O)c2csc(N)n2)CC1. The van der Waals surface area contributed by atoms with Gasteiger partial charge in [-0.1, -0.05) is 0 Å². The third-order valence-electron chi connectivity index (χ3n) is 3.29. The van der Waals surface area contributed by atoms with E-state index >= 15 is 0 Å². The molecule has 1 aliphatic heterocycles. The molecule has 0 aliphatic carbocycles. The van der Waals surface area contributed by atoms with Crippen molar-refractivity contribution in [3.8, 4) is 0 Å². The summed E-state index contributed by atoms with van der Waals surface area (Å²) in [5, 5.41) is 4.99. The summed E-state index contributed by atoms with van der Waals surface area (Å²) in [6.45, 7) is 6.21. The summed E-state index contributed by atoms with van der Waals surface area (Å²) in [6.07, 6.45) is 0.967. The predicted octanol–water partition coefficient (Wildman–Crippen LogP) is 0.0926. The van der Waals surface area contributed by atoms with E-state index in [9.17, 15) is 4.79 Å². The lowest BCUT2D eigenvalue weighted by Crippen LogP contribution is -2.45. The highest BCUT2D eigenvalue weighted by molar-refractivity contribution is 7.13. The highest BCUT2D eigenvalue weighted by Gasteiger charge is 2.13. The van der Waals surface area contributed by atoms with Crippen LogP contribution in [0.5, 0.6) is 0 Å². The minimum Gasteiger partial charge on any atom is -0.375 e. The molecule has 0 atom stereocenters. The molecule has 1 amide bonds.